The smallest absolute Gasteiger partial charge is 0.356 e. The summed E-state index contributed by atoms with van der Waals surface area (Å²) in [6, 6.07) is 5.34. The minimum absolute atomic E-state index is 0. The number of rotatable bonds is 5. The standard InChI is InChI=1S/C17H25F3N4.HI/c1-3-24-8-7-14(12-24)11-23-16(21-2)22-10-13-5-4-6-15(9-13)17(18,19)20;/h4-6,9,14H,3,7-8,10-12H2,1-2H3,(H2,21,22,23);1H. The summed E-state index contributed by atoms with van der Waals surface area (Å²) in [6.45, 7) is 6.55. The molecule has 2 N–H and O–H groups in total. The Morgan fingerprint density at radius 1 is 1.32 bits per heavy atom. The fraction of sp³-hybridized carbons (Fsp3) is 0.588. The van der Waals surface area contributed by atoms with Crippen molar-refractivity contribution in [1.82, 2.24) is 15.5 Å². The molecule has 0 spiro atoms. The van der Waals surface area contributed by atoms with Gasteiger partial charge < -0.3 is 15.5 Å². The van der Waals surface area contributed by atoms with Crippen molar-refractivity contribution in [2.24, 2.45) is 10.9 Å². The highest BCUT2D eigenvalue weighted by Crippen LogP contribution is 2.29. The highest BCUT2D eigenvalue weighted by Gasteiger charge is 2.30. The summed E-state index contributed by atoms with van der Waals surface area (Å²) in [7, 11) is 1.66. The molecule has 0 aliphatic carbocycles. The largest absolute Gasteiger partial charge is 0.416 e. The van der Waals surface area contributed by atoms with Gasteiger partial charge in [0.05, 0.1) is 5.56 Å². The summed E-state index contributed by atoms with van der Waals surface area (Å²) in [5.41, 5.74) is -0.0545. The van der Waals surface area contributed by atoms with Gasteiger partial charge in [0, 0.05) is 26.7 Å². The maximum Gasteiger partial charge on any atom is 0.416 e. The molecule has 2 rings (SSSR count). The van der Waals surface area contributed by atoms with Crippen LogP contribution in [-0.2, 0) is 12.7 Å². The normalized spacial score (nSPS) is 18.8. The van der Waals surface area contributed by atoms with Crippen LogP contribution < -0.4 is 10.6 Å². The Labute approximate surface area is 164 Å². The van der Waals surface area contributed by atoms with Crippen molar-refractivity contribution in [3.63, 3.8) is 0 Å². The van der Waals surface area contributed by atoms with Crippen LogP contribution >= 0.6 is 24.0 Å². The second kappa shape index (κ2) is 10.2. The molecule has 25 heavy (non-hydrogen) atoms. The number of likely N-dealkylation sites (tertiary alicyclic amines) is 1. The molecule has 0 aromatic heterocycles. The fourth-order valence-electron chi connectivity index (χ4n) is 2.87. The fourth-order valence-corrected chi connectivity index (χ4v) is 2.87. The van der Waals surface area contributed by atoms with Gasteiger partial charge in [0.2, 0.25) is 0 Å². The summed E-state index contributed by atoms with van der Waals surface area (Å²) < 4.78 is 38.2. The minimum atomic E-state index is -4.32. The van der Waals surface area contributed by atoms with Gasteiger partial charge in [-0.15, -0.1) is 24.0 Å². The molecule has 1 fully saturated rings. The van der Waals surface area contributed by atoms with Crippen LogP contribution in [0.3, 0.4) is 0 Å². The van der Waals surface area contributed by atoms with Gasteiger partial charge in [-0.2, -0.15) is 13.2 Å². The second-order valence-corrected chi connectivity index (χ2v) is 6.05. The van der Waals surface area contributed by atoms with Gasteiger partial charge in [-0.05, 0) is 43.1 Å². The SMILES string of the molecule is CCN1CCC(CNC(=NC)NCc2cccc(C(F)(F)F)c2)C1.I. The average Bonchev–Trinajstić information content (AvgIpc) is 3.02. The first-order chi connectivity index (χ1) is 11.4. The Morgan fingerprint density at radius 2 is 2.08 bits per heavy atom. The van der Waals surface area contributed by atoms with Crippen LogP contribution in [0.2, 0.25) is 0 Å². The van der Waals surface area contributed by atoms with Crippen molar-refractivity contribution in [3.05, 3.63) is 35.4 Å². The van der Waals surface area contributed by atoms with Gasteiger partial charge in [0.1, 0.15) is 0 Å². The zero-order chi connectivity index (χ0) is 17.6. The molecular formula is C17H26F3IN4. The molecule has 142 valence electrons. The zero-order valence-corrected chi connectivity index (χ0v) is 16.9. The number of hydrogen-bond acceptors (Lipinski definition) is 2. The van der Waals surface area contributed by atoms with E-state index in [-0.39, 0.29) is 24.0 Å². The van der Waals surface area contributed by atoms with E-state index in [0.717, 1.165) is 44.7 Å². The van der Waals surface area contributed by atoms with E-state index in [1.807, 2.05) is 0 Å². The molecular weight excluding hydrogens is 444 g/mol. The molecule has 1 saturated heterocycles. The molecule has 1 atom stereocenters. The summed E-state index contributed by atoms with van der Waals surface area (Å²) in [4.78, 5) is 6.54. The lowest BCUT2D eigenvalue weighted by Gasteiger charge is -2.16. The van der Waals surface area contributed by atoms with Gasteiger partial charge in [0.25, 0.3) is 0 Å². The molecule has 1 aromatic carbocycles. The van der Waals surface area contributed by atoms with Crippen molar-refractivity contribution in [2.45, 2.75) is 26.1 Å². The summed E-state index contributed by atoms with van der Waals surface area (Å²) in [5.74, 6) is 1.19. The van der Waals surface area contributed by atoms with Crippen molar-refractivity contribution in [2.75, 3.05) is 33.2 Å². The van der Waals surface area contributed by atoms with Crippen molar-refractivity contribution in [3.8, 4) is 0 Å². The van der Waals surface area contributed by atoms with Crippen LogP contribution in [-0.4, -0.2) is 44.1 Å². The van der Waals surface area contributed by atoms with Crippen LogP contribution in [0, 0.1) is 5.92 Å². The molecule has 1 unspecified atom stereocenters. The molecule has 1 aliphatic rings. The topological polar surface area (TPSA) is 39.7 Å². The Morgan fingerprint density at radius 3 is 2.68 bits per heavy atom. The third-order valence-corrected chi connectivity index (χ3v) is 4.31. The van der Waals surface area contributed by atoms with Crippen LogP contribution in [0.1, 0.15) is 24.5 Å². The average molecular weight is 470 g/mol. The predicted molar refractivity (Wildman–Crippen MR) is 105 cm³/mol. The van der Waals surface area contributed by atoms with E-state index in [1.54, 1.807) is 13.1 Å². The van der Waals surface area contributed by atoms with E-state index in [0.29, 0.717) is 24.0 Å². The van der Waals surface area contributed by atoms with Crippen molar-refractivity contribution < 1.29 is 13.2 Å². The van der Waals surface area contributed by atoms with E-state index in [2.05, 4.69) is 27.4 Å². The first kappa shape index (κ1) is 22.0. The maximum absolute atomic E-state index is 12.7. The van der Waals surface area contributed by atoms with E-state index in [4.69, 9.17) is 0 Å². The Hall–Kier alpha value is -1.03. The number of guanidine groups is 1. The van der Waals surface area contributed by atoms with Gasteiger partial charge in [-0.3, -0.25) is 4.99 Å². The minimum Gasteiger partial charge on any atom is -0.356 e. The van der Waals surface area contributed by atoms with Crippen LogP contribution in [0.5, 0.6) is 0 Å². The Bertz CT molecular complexity index is 563. The Kier molecular flexibility index (Phi) is 8.98. The number of hydrogen-bond donors (Lipinski definition) is 2. The summed E-state index contributed by atoms with van der Waals surface area (Å²) >= 11 is 0. The van der Waals surface area contributed by atoms with E-state index >= 15 is 0 Å². The molecule has 1 heterocycles. The number of benzene rings is 1. The monoisotopic (exact) mass is 470 g/mol. The van der Waals surface area contributed by atoms with Crippen LogP contribution in [0.25, 0.3) is 0 Å². The third kappa shape index (κ3) is 7.01. The number of halogens is 4. The lowest BCUT2D eigenvalue weighted by molar-refractivity contribution is -0.137. The summed E-state index contributed by atoms with van der Waals surface area (Å²) in [5, 5.41) is 6.33. The second-order valence-electron chi connectivity index (χ2n) is 6.05. The van der Waals surface area contributed by atoms with Crippen molar-refractivity contribution >= 4 is 29.9 Å². The summed E-state index contributed by atoms with van der Waals surface area (Å²) in [6.07, 6.45) is -3.16. The molecule has 8 heteroatoms. The maximum atomic E-state index is 12.7. The first-order valence-corrected chi connectivity index (χ1v) is 8.25. The molecule has 0 saturated carbocycles. The molecule has 1 aromatic rings. The lowest BCUT2D eigenvalue weighted by Crippen LogP contribution is -2.39. The van der Waals surface area contributed by atoms with Gasteiger partial charge in [-0.25, -0.2) is 0 Å². The molecule has 4 nitrogen and oxygen atoms in total. The van der Waals surface area contributed by atoms with Crippen LogP contribution in [0.15, 0.2) is 29.3 Å². The highest BCUT2D eigenvalue weighted by molar-refractivity contribution is 14.0. The van der Waals surface area contributed by atoms with Gasteiger partial charge >= 0.3 is 6.18 Å². The van der Waals surface area contributed by atoms with E-state index in [9.17, 15) is 13.2 Å². The highest BCUT2D eigenvalue weighted by atomic mass is 127. The van der Waals surface area contributed by atoms with E-state index in [1.165, 1.54) is 6.07 Å². The molecule has 0 bridgehead atoms. The lowest BCUT2D eigenvalue weighted by atomic mass is 10.1. The molecule has 0 radical (unpaired) electrons. The molecule has 1 aliphatic heterocycles. The third-order valence-electron chi connectivity index (χ3n) is 4.31. The number of nitrogens with zero attached hydrogens (tertiary/aromatic N) is 2. The van der Waals surface area contributed by atoms with Crippen LogP contribution in [0.4, 0.5) is 13.2 Å². The Balaban J connectivity index is 0.00000312. The number of nitrogens with one attached hydrogen (secondary N) is 2. The predicted octanol–water partition coefficient (Wildman–Crippen LogP) is 3.33. The van der Waals surface area contributed by atoms with E-state index < -0.39 is 11.7 Å². The number of alkyl halides is 3. The number of aliphatic imine (C=N–C) groups is 1. The quantitative estimate of drug-likeness (QED) is 0.394. The van der Waals surface area contributed by atoms with Gasteiger partial charge in [0.15, 0.2) is 5.96 Å². The van der Waals surface area contributed by atoms with Gasteiger partial charge in [-0.1, -0.05) is 19.1 Å². The van der Waals surface area contributed by atoms with Crippen molar-refractivity contribution in [1.29, 1.82) is 0 Å². The first-order valence-electron chi connectivity index (χ1n) is 8.25. The molecule has 0 amide bonds. The zero-order valence-electron chi connectivity index (χ0n) is 14.6.